The zero-order valence-electron chi connectivity index (χ0n) is 13.6. The van der Waals surface area contributed by atoms with Crippen LogP contribution in [0.1, 0.15) is 0 Å². The van der Waals surface area contributed by atoms with E-state index in [1.807, 2.05) is 0 Å². The first-order valence-corrected chi connectivity index (χ1v) is 7.62. The summed E-state index contributed by atoms with van der Waals surface area (Å²) in [5.41, 5.74) is 0. The Morgan fingerprint density at radius 3 is 2.12 bits per heavy atom. The molecule has 2 atom stereocenters. The predicted molar refractivity (Wildman–Crippen MR) is 83.4 cm³/mol. The van der Waals surface area contributed by atoms with Crippen molar-refractivity contribution in [2.75, 3.05) is 52.9 Å². The van der Waals surface area contributed by atoms with E-state index in [-0.39, 0.29) is 38.6 Å². The Bertz CT molecular complexity index is 409. The fourth-order valence-corrected chi connectivity index (χ4v) is 1.76. The second-order valence-electron chi connectivity index (χ2n) is 4.80. The van der Waals surface area contributed by atoms with E-state index in [9.17, 15) is 9.59 Å². The molecule has 1 aliphatic heterocycles. The lowest BCUT2D eigenvalue weighted by molar-refractivity contribution is -0.143. The van der Waals surface area contributed by atoms with Crippen molar-refractivity contribution in [1.82, 2.24) is 0 Å². The highest BCUT2D eigenvalue weighted by Gasteiger charge is 2.18. The Labute approximate surface area is 141 Å². The zero-order chi connectivity index (χ0) is 17.6. The number of ether oxygens (including phenoxy) is 6. The van der Waals surface area contributed by atoms with Crippen LogP contribution in [-0.4, -0.2) is 77.0 Å². The van der Waals surface area contributed by atoms with Crippen LogP contribution >= 0.6 is 0 Å². The molecule has 0 aliphatic carbocycles. The Morgan fingerprint density at radius 2 is 1.50 bits per heavy atom. The summed E-state index contributed by atoms with van der Waals surface area (Å²) in [6.45, 7) is 8.77. The maximum Gasteiger partial charge on any atom is 0.330 e. The Morgan fingerprint density at radius 1 is 0.917 bits per heavy atom. The van der Waals surface area contributed by atoms with Gasteiger partial charge in [-0.1, -0.05) is 13.2 Å². The highest BCUT2D eigenvalue weighted by Crippen LogP contribution is 2.04. The third kappa shape index (κ3) is 9.41. The number of esters is 2. The molecule has 0 N–H and O–H groups in total. The minimum Gasteiger partial charge on any atom is -0.460 e. The molecule has 2 unspecified atom stereocenters. The van der Waals surface area contributed by atoms with Gasteiger partial charge in [-0.05, 0) is 0 Å². The highest BCUT2D eigenvalue weighted by atomic mass is 16.6. The van der Waals surface area contributed by atoms with Crippen molar-refractivity contribution >= 4 is 11.9 Å². The summed E-state index contributed by atoms with van der Waals surface area (Å²) in [6.07, 6.45) is 1.59. The van der Waals surface area contributed by atoms with E-state index in [0.717, 1.165) is 12.2 Å². The van der Waals surface area contributed by atoms with Crippen LogP contribution in [0.15, 0.2) is 25.3 Å². The van der Waals surface area contributed by atoms with Gasteiger partial charge in [-0.2, -0.15) is 0 Å². The van der Waals surface area contributed by atoms with Crippen LogP contribution in [0.2, 0.25) is 0 Å². The van der Waals surface area contributed by atoms with E-state index in [1.165, 1.54) is 0 Å². The average molecular weight is 344 g/mol. The van der Waals surface area contributed by atoms with Crippen LogP contribution < -0.4 is 0 Å². The zero-order valence-corrected chi connectivity index (χ0v) is 13.6. The molecule has 136 valence electrons. The van der Waals surface area contributed by atoms with Crippen molar-refractivity contribution in [1.29, 1.82) is 0 Å². The number of hydrogen-bond donors (Lipinski definition) is 0. The molecule has 1 fully saturated rings. The van der Waals surface area contributed by atoms with Crippen molar-refractivity contribution in [3.63, 3.8) is 0 Å². The van der Waals surface area contributed by atoms with Crippen molar-refractivity contribution in [3.8, 4) is 0 Å². The van der Waals surface area contributed by atoms with Gasteiger partial charge < -0.3 is 28.4 Å². The fraction of sp³-hybridized carbons (Fsp3) is 0.625. The Hall–Kier alpha value is -1.74. The van der Waals surface area contributed by atoms with Gasteiger partial charge in [-0.3, -0.25) is 0 Å². The molecule has 8 heteroatoms. The van der Waals surface area contributed by atoms with E-state index in [2.05, 4.69) is 13.2 Å². The van der Waals surface area contributed by atoms with E-state index >= 15 is 0 Å². The van der Waals surface area contributed by atoms with Crippen molar-refractivity contribution in [2.24, 2.45) is 0 Å². The Kier molecular flexibility index (Phi) is 10.7. The molecule has 0 amide bonds. The van der Waals surface area contributed by atoms with Gasteiger partial charge in [-0.15, -0.1) is 0 Å². The lowest BCUT2D eigenvalue weighted by Gasteiger charge is -2.17. The van der Waals surface area contributed by atoms with Gasteiger partial charge in [0.15, 0.2) is 0 Å². The molecule has 24 heavy (non-hydrogen) atoms. The molecule has 0 bridgehead atoms. The molecule has 1 aliphatic rings. The SMILES string of the molecule is C=CC(=O)OCCOCC1COCC(COC(=O)C=C)OCCO1. The largest absolute Gasteiger partial charge is 0.460 e. The van der Waals surface area contributed by atoms with Gasteiger partial charge in [0.25, 0.3) is 0 Å². The molecule has 0 radical (unpaired) electrons. The van der Waals surface area contributed by atoms with Gasteiger partial charge in [0.05, 0.1) is 39.6 Å². The molecule has 1 heterocycles. The quantitative estimate of drug-likeness (QED) is 0.334. The highest BCUT2D eigenvalue weighted by molar-refractivity contribution is 5.81. The normalized spacial score (nSPS) is 21.7. The molecule has 0 spiro atoms. The molecule has 8 nitrogen and oxygen atoms in total. The minimum absolute atomic E-state index is 0.0979. The van der Waals surface area contributed by atoms with Crippen molar-refractivity contribution in [2.45, 2.75) is 12.2 Å². The molecular formula is C16H24O8. The summed E-state index contributed by atoms with van der Waals surface area (Å²) in [6, 6.07) is 0. The summed E-state index contributed by atoms with van der Waals surface area (Å²) in [4.78, 5) is 21.9. The van der Waals surface area contributed by atoms with E-state index in [1.54, 1.807) is 0 Å². The van der Waals surface area contributed by atoms with Gasteiger partial charge in [0.1, 0.15) is 25.4 Å². The second-order valence-corrected chi connectivity index (χ2v) is 4.80. The van der Waals surface area contributed by atoms with E-state index in [0.29, 0.717) is 26.4 Å². The first-order chi connectivity index (χ1) is 11.7. The van der Waals surface area contributed by atoms with Gasteiger partial charge in [0.2, 0.25) is 0 Å². The second kappa shape index (κ2) is 12.7. The fourth-order valence-electron chi connectivity index (χ4n) is 1.76. The minimum atomic E-state index is -0.502. The van der Waals surface area contributed by atoms with E-state index < -0.39 is 11.9 Å². The number of carbonyl (C=O) groups excluding carboxylic acids is 2. The summed E-state index contributed by atoms with van der Waals surface area (Å²) in [5.74, 6) is -0.987. The molecule has 0 aromatic carbocycles. The van der Waals surface area contributed by atoms with Crippen LogP contribution in [-0.2, 0) is 38.0 Å². The van der Waals surface area contributed by atoms with Crippen LogP contribution in [0, 0.1) is 0 Å². The predicted octanol–water partition coefficient (Wildman–Crippen LogP) is 0.262. The van der Waals surface area contributed by atoms with E-state index in [4.69, 9.17) is 28.4 Å². The van der Waals surface area contributed by atoms with Crippen LogP contribution in [0.3, 0.4) is 0 Å². The molecular weight excluding hydrogens is 320 g/mol. The molecule has 1 rings (SSSR count). The third-order valence-corrected chi connectivity index (χ3v) is 2.92. The first kappa shape index (κ1) is 20.3. The van der Waals surface area contributed by atoms with Gasteiger partial charge in [-0.25, -0.2) is 9.59 Å². The van der Waals surface area contributed by atoms with Gasteiger partial charge in [0, 0.05) is 12.2 Å². The summed E-state index contributed by atoms with van der Waals surface area (Å²) in [7, 11) is 0. The maximum atomic E-state index is 11.0. The molecule has 0 aromatic rings. The van der Waals surface area contributed by atoms with Crippen LogP contribution in [0.4, 0.5) is 0 Å². The molecule has 1 saturated heterocycles. The lowest BCUT2D eigenvalue weighted by Crippen LogP contribution is -2.29. The van der Waals surface area contributed by atoms with Crippen LogP contribution in [0.25, 0.3) is 0 Å². The number of hydrogen-bond acceptors (Lipinski definition) is 8. The topological polar surface area (TPSA) is 89.5 Å². The average Bonchev–Trinajstić information content (AvgIpc) is 2.71. The molecule has 0 saturated carbocycles. The Balaban J connectivity index is 2.19. The smallest absolute Gasteiger partial charge is 0.330 e. The monoisotopic (exact) mass is 344 g/mol. The first-order valence-electron chi connectivity index (χ1n) is 7.62. The summed E-state index contributed by atoms with van der Waals surface area (Å²) >= 11 is 0. The standard InChI is InChI=1S/C16H24O8/c1-3-15(17)23-6-5-19-9-13-10-20-11-14(22-8-7-21-13)12-24-16(18)4-2/h3-4,13-14H,1-2,5-12H2. The van der Waals surface area contributed by atoms with Crippen LogP contribution in [0.5, 0.6) is 0 Å². The summed E-state index contributed by atoms with van der Waals surface area (Å²) < 4.78 is 31.7. The maximum absolute atomic E-state index is 11.0. The van der Waals surface area contributed by atoms with Gasteiger partial charge >= 0.3 is 11.9 Å². The number of rotatable bonds is 9. The summed E-state index contributed by atoms with van der Waals surface area (Å²) in [5, 5.41) is 0. The number of carbonyl (C=O) groups is 2. The van der Waals surface area contributed by atoms with Crippen molar-refractivity contribution in [3.05, 3.63) is 25.3 Å². The van der Waals surface area contributed by atoms with Crippen molar-refractivity contribution < 1.29 is 38.0 Å². The molecule has 0 aromatic heterocycles. The third-order valence-electron chi connectivity index (χ3n) is 2.92. The lowest BCUT2D eigenvalue weighted by atomic mass is 10.4.